The van der Waals surface area contributed by atoms with E-state index in [0.717, 1.165) is 30.9 Å². The van der Waals surface area contributed by atoms with E-state index in [1.165, 1.54) is 0 Å². The molecule has 0 bridgehead atoms. The van der Waals surface area contributed by atoms with Gasteiger partial charge in [-0.25, -0.2) is 0 Å². The second-order valence-electron chi connectivity index (χ2n) is 7.99. The molecule has 6 heteroatoms. The quantitative estimate of drug-likeness (QED) is 0.922. The highest BCUT2D eigenvalue weighted by molar-refractivity contribution is 5.98. The minimum Gasteiger partial charge on any atom is -0.368 e. The highest BCUT2D eigenvalue weighted by Crippen LogP contribution is 2.38. The summed E-state index contributed by atoms with van der Waals surface area (Å²) in [6, 6.07) is 2.00. The van der Waals surface area contributed by atoms with Gasteiger partial charge in [0.1, 0.15) is 5.82 Å². The van der Waals surface area contributed by atoms with Gasteiger partial charge in [-0.1, -0.05) is 0 Å². The van der Waals surface area contributed by atoms with Gasteiger partial charge >= 0.3 is 0 Å². The zero-order chi connectivity index (χ0) is 17.0. The first-order valence-electron chi connectivity index (χ1n) is 8.37. The predicted molar refractivity (Wildman–Crippen MR) is 89.5 cm³/mol. The molecule has 1 aromatic heterocycles. The number of hydrogen-bond donors (Lipinski definition) is 1. The van der Waals surface area contributed by atoms with Crippen LogP contribution in [0.15, 0.2) is 6.07 Å². The van der Waals surface area contributed by atoms with Crippen LogP contribution in [0, 0.1) is 6.92 Å². The molecule has 0 aliphatic carbocycles. The fourth-order valence-electron chi connectivity index (χ4n) is 3.98. The van der Waals surface area contributed by atoms with Gasteiger partial charge in [0.2, 0.25) is 5.91 Å². The van der Waals surface area contributed by atoms with E-state index in [1.54, 1.807) is 4.68 Å². The Kier molecular flexibility index (Phi) is 3.80. The van der Waals surface area contributed by atoms with Crippen molar-refractivity contribution < 1.29 is 9.53 Å². The van der Waals surface area contributed by atoms with Crippen molar-refractivity contribution in [3.05, 3.63) is 11.8 Å². The summed E-state index contributed by atoms with van der Waals surface area (Å²) >= 11 is 0. The van der Waals surface area contributed by atoms with E-state index in [0.29, 0.717) is 0 Å². The number of ether oxygens (including phenoxy) is 1. The molecular formula is C17H28N4O2. The van der Waals surface area contributed by atoms with Gasteiger partial charge in [-0.3, -0.25) is 14.4 Å². The fraction of sp³-hybridized carbons (Fsp3) is 0.765. The molecular weight excluding hydrogens is 292 g/mol. The first-order valence-corrected chi connectivity index (χ1v) is 8.37. The van der Waals surface area contributed by atoms with Gasteiger partial charge in [0.05, 0.1) is 22.9 Å². The Morgan fingerprint density at radius 2 is 2.04 bits per heavy atom. The Labute approximate surface area is 138 Å². The second-order valence-corrected chi connectivity index (χ2v) is 7.99. The highest BCUT2D eigenvalue weighted by atomic mass is 16.5. The molecule has 1 aromatic rings. The van der Waals surface area contributed by atoms with E-state index in [9.17, 15) is 4.79 Å². The van der Waals surface area contributed by atoms with E-state index >= 15 is 0 Å². The lowest BCUT2D eigenvalue weighted by Gasteiger charge is -2.29. The van der Waals surface area contributed by atoms with Gasteiger partial charge in [-0.2, -0.15) is 5.10 Å². The predicted octanol–water partition coefficient (Wildman–Crippen LogP) is 1.77. The molecule has 3 rings (SSSR count). The van der Waals surface area contributed by atoms with Gasteiger partial charge < -0.3 is 10.1 Å². The molecule has 23 heavy (non-hydrogen) atoms. The van der Waals surface area contributed by atoms with Crippen LogP contribution in [0.2, 0.25) is 0 Å². The van der Waals surface area contributed by atoms with Crippen LogP contribution in [-0.4, -0.2) is 45.5 Å². The van der Waals surface area contributed by atoms with Crippen LogP contribution < -0.4 is 10.2 Å². The topological polar surface area (TPSA) is 59.4 Å². The van der Waals surface area contributed by atoms with Crippen LogP contribution in [0.3, 0.4) is 0 Å². The zero-order valence-electron chi connectivity index (χ0n) is 15.0. The molecule has 2 fully saturated rings. The van der Waals surface area contributed by atoms with Crippen molar-refractivity contribution in [1.29, 1.82) is 0 Å². The lowest BCUT2D eigenvalue weighted by molar-refractivity contribution is -0.119. The number of nitrogens with zero attached hydrogens (tertiary/aromatic N) is 3. The SMILES string of the molecule is Cc1cc(N2CC[C@H](N[C@H]3CC(C)(C)OC3(C)C)C2=O)n(C)n1. The first kappa shape index (κ1) is 16.5. The maximum atomic E-state index is 12.8. The first-order chi connectivity index (χ1) is 10.6. The molecule has 0 saturated carbocycles. The molecule has 0 unspecified atom stereocenters. The summed E-state index contributed by atoms with van der Waals surface area (Å²) in [6.45, 7) is 11.1. The van der Waals surface area contributed by atoms with Gasteiger partial charge in [-0.15, -0.1) is 0 Å². The lowest BCUT2D eigenvalue weighted by Crippen LogP contribution is -2.50. The van der Waals surface area contributed by atoms with E-state index in [4.69, 9.17) is 4.74 Å². The number of rotatable bonds is 3. The summed E-state index contributed by atoms with van der Waals surface area (Å²) in [5.41, 5.74) is 0.515. The van der Waals surface area contributed by atoms with Crippen molar-refractivity contribution in [3.63, 3.8) is 0 Å². The molecule has 2 aliphatic heterocycles. The van der Waals surface area contributed by atoms with Crippen molar-refractivity contribution in [3.8, 4) is 0 Å². The molecule has 128 valence electrons. The van der Waals surface area contributed by atoms with Crippen molar-refractivity contribution in [2.75, 3.05) is 11.4 Å². The van der Waals surface area contributed by atoms with Gasteiger partial charge in [-0.05, 0) is 47.5 Å². The monoisotopic (exact) mass is 320 g/mol. The van der Waals surface area contributed by atoms with Crippen LogP contribution >= 0.6 is 0 Å². The molecule has 1 amide bonds. The molecule has 0 aromatic carbocycles. The van der Waals surface area contributed by atoms with Gasteiger partial charge in [0, 0.05) is 25.7 Å². The van der Waals surface area contributed by atoms with Crippen molar-refractivity contribution in [2.24, 2.45) is 7.05 Å². The number of aromatic nitrogens is 2. The fourth-order valence-corrected chi connectivity index (χ4v) is 3.98. The average molecular weight is 320 g/mol. The molecule has 3 heterocycles. The van der Waals surface area contributed by atoms with E-state index in [-0.39, 0.29) is 29.2 Å². The standard InChI is InChI=1S/C17H28N4O2/c1-11-9-14(20(6)19-11)21-8-7-12(15(21)22)18-13-10-16(2,3)23-17(13,4)5/h9,12-13,18H,7-8,10H2,1-6H3/t12-,13-/m0/s1. The number of anilines is 1. The average Bonchev–Trinajstić information content (AvgIpc) is 2.96. The summed E-state index contributed by atoms with van der Waals surface area (Å²) in [6.07, 6.45) is 1.73. The van der Waals surface area contributed by atoms with Crippen LogP contribution in [0.1, 0.15) is 46.2 Å². The summed E-state index contributed by atoms with van der Waals surface area (Å²) in [5, 5.41) is 7.90. The second kappa shape index (κ2) is 5.31. The molecule has 6 nitrogen and oxygen atoms in total. The Bertz CT molecular complexity index is 620. The third-order valence-corrected chi connectivity index (χ3v) is 4.94. The maximum Gasteiger partial charge on any atom is 0.245 e. The molecule has 2 aliphatic rings. The summed E-state index contributed by atoms with van der Waals surface area (Å²) < 4.78 is 7.91. The Hall–Kier alpha value is -1.40. The van der Waals surface area contributed by atoms with Crippen molar-refractivity contribution in [2.45, 2.75) is 70.7 Å². The van der Waals surface area contributed by atoms with Crippen molar-refractivity contribution in [1.82, 2.24) is 15.1 Å². The summed E-state index contributed by atoms with van der Waals surface area (Å²) in [7, 11) is 1.88. The minimum absolute atomic E-state index is 0.133. The normalized spacial score (nSPS) is 29.5. The minimum atomic E-state index is -0.264. The summed E-state index contributed by atoms with van der Waals surface area (Å²) in [4.78, 5) is 14.6. The third-order valence-electron chi connectivity index (χ3n) is 4.94. The van der Waals surface area contributed by atoms with Crippen LogP contribution in [0.4, 0.5) is 5.82 Å². The number of aryl methyl sites for hydroxylation is 2. The van der Waals surface area contributed by atoms with Gasteiger partial charge in [0.15, 0.2) is 0 Å². The largest absolute Gasteiger partial charge is 0.368 e. The van der Waals surface area contributed by atoms with Crippen LogP contribution in [0.5, 0.6) is 0 Å². The molecule has 2 saturated heterocycles. The van der Waals surface area contributed by atoms with Gasteiger partial charge in [0.25, 0.3) is 0 Å². The smallest absolute Gasteiger partial charge is 0.245 e. The van der Waals surface area contributed by atoms with E-state index in [2.05, 4.69) is 38.1 Å². The number of carbonyl (C=O) groups is 1. The molecule has 0 spiro atoms. The number of carbonyl (C=O) groups excluding carboxylic acids is 1. The highest BCUT2D eigenvalue weighted by Gasteiger charge is 2.48. The maximum absolute atomic E-state index is 12.8. The van der Waals surface area contributed by atoms with Crippen LogP contribution in [-0.2, 0) is 16.6 Å². The molecule has 2 atom stereocenters. The zero-order valence-corrected chi connectivity index (χ0v) is 15.0. The third kappa shape index (κ3) is 3.02. The number of hydrogen-bond acceptors (Lipinski definition) is 4. The number of nitrogens with one attached hydrogen (secondary N) is 1. The van der Waals surface area contributed by atoms with E-state index < -0.39 is 0 Å². The van der Waals surface area contributed by atoms with E-state index in [1.807, 2.05) is 24.9 Å². The Morgan fingerprint density at radius 3 is 2.57 bits per heavy atom. The summed E-state index contributed by atoms with van der Waals surface area (Å²) in [5.74, 6) is 1.01. The number of amides is 1. The Morgan fingerprint density at radius 1 is 1.35 bits per heavy atom. The molecule has 1 N–H and O–H groups in total. The Balaban J connectivity index is 1.72. The molecule has 0 radical (unpaired) electrons. The van der Waals surface area contributed by atoms with Crippen molar-refractivity contribution >= 4 is 11.7 Å². The van der Waals surface area contributed by atoms with Crippen LogP contribution in [0.25, 0.3) is 0 Å². The lowest BCUT2D eigenvalue weighted by atomic mass is 9.93.